The molecule has 0 N–H and O–H groups in total. The van der Waals surface area contributed by atoms with Crippen LogP contribution >= 0.6 is 11.6 Å². The van der Waals surface area contributed by atoms with Crippen LogP contribution < -0.4 is 0 Å². The fraction of sp³-hybridized carbons (Fsp3) is 0.111. The van der Waals surface area contributed by atoms with Crippen LogP contribution in [0.2, 0.25) is 5.02 Å². The molecule has 0 aromatic heterocycles. The number of halogens is 3. The third kappa shape index (κ3) is 1.65. The van der Waals surface area contributed by atoms with Gasteiger partial charge in [0.2, 0.25) is 0 Å². The van der Waals surface area contributed by atoms with Gasteiger partial charge in [-0.1, -0.05) is 23.7 Å². The van der Waals surface area contributed by atoms with Crippen LogP contribution in [0.15, 0.2) is 24.3 Å². The molecule has 0 amide bonds. The Balaban J connectivity index is 2.25. The van der Waals surface area contributed by atoms with E-state index in [0.717, 1.165) is 10.1 Å². The molecule has 0 aliphatic carbocycles. The molecule has 0 saturated carbocycles. The van der Waals surface area contributed by atoms with Crippen LogP contribution in [0.5, 0.6) is 0 Å². The summed E-state index contributed by atoms with van der Waals surface area (Å²) in [6.45, 7) is -1.32. The van der Waals surface area contributed by atoms with E-state index in [1.165, 1.54) is 0 Å². The first-order valence-corrected chi connectivity index (χ1v) is 4.13. The second kappa shape index (κ2) is 3.00. The van der Waals surface area contributed by atoms with E-state index < -0.39 is 6.55 Å². The van der Waals surface area contributed by atoms with Gasteiger partial charge in [-0.05, 0) is 17.7 Å². The zero-order valence-electron chi connectivity index (χ0n) is 6.60. The summed E-state index contributed by atoms with van der Waals surface area (Å²) in [6.07, 6.45) is 0. The first kappa shape index (κ1) is 8.51. The standard InChI is InChI=1S/C9H6ClF2N/c10-7-3-1-6(2-4-7)8-5-13(8)9(11)12/h1-4H,5H2. The lowest BCUT2D eigenvalue weighted by Crippen LogP contribution is -1.90. The van der Waals surface area contributed by atoms with Crippen LogP contribution in [0.1, 0.15) is 5.56 Å². The lowest BCUT2D eigenvalue weighted by molar-refractivity contribution is -0.484. The minimum Gasteiger partial charge on any atom is -0.303 e. The van der Waals surface area contributed by atoms with Gasteiger partial charge in [-0.25, -0.2) is 8.78 Å². The molecule has 1 aromatic rings. The maximum atomic E-state index is 12.0. The molecular weight excluding hydrogens is 196 g/mol. The van der Waals surface area contributed by atoms with E-state index >= 15 is 0 Å². The molecule has 0 radical (unpaired) electrons. The summed E-state index contributed by atoms with van der Waals surface area (Å²) in [4.78, 5) is 0. The summed E-state index contributed by atoms with van der Waals surface area (Å²) in [6, 6.07) is 6.86. The van der Waals surface area contributed by atoms with Gasteiger partial charge in [-0.2, -0.15) is 0 Å². The number of hydrogen-bond donors (Lipinski definition) is 0. The maximum absolute atomic E-state index is 12.0. The Hall–Kier alpha value is -1.09. The Morgan fingerprint density at radius 1 is 1.23 bits per heavy atom. The molecule has 0 atom stereocenters. The van der Waals surface area contributed by atoms with Crippen LogP contribution in [-0.2, 0) is 0 Å². The zero-order valence-corrected chi connectivity index (χ0v) is 7.35. The van der Waals surface area contributed by atoms with Crippen molar-refractivity contribution < 1.29 is 13.4 Å². The molecule has 0 fully saturated rings. The predicted octanol–water partition coefficient (Wildman–Crippen LogP) is 2.54. The van der Waals surface area contributed by atoms with E-state index in [2.05, 4.69) is 0 Å². The Bertz CT molecular complexity index is 356. The highest BCUT2D eigenvalue weighted by atomic mass is 35.5. The fourth-order valence-electron chi connectivity index (χ4n) is 1.17. The Kier molecular flexibility index (Phi) is 1.96. The molecule has 2 rings (SSSR count). The van der Waals surface area contributed by atoms with Gasteiger partial charge in [0.05, 0.1) is 0 Å². The number of rotatable bonds is 2. The third-order valence-electron chi connectivity index (χ3n) is 1.91. The molecule has 0 bridgehead atoms. The minimum absolute atomic E-state index is 0.323. The molecule has 1 heterocycles. The second-order valence-electron chi connectivity index (χ2n) is 2.78. The fourth-order valence-corrected chi connectivity index (χ4v) is 1.29. The molecule has 1 aliphatic heterocycles. The highest BCUT2D eigenvalue weighted by Crippen LogP contribution is 2.20. The average Bonchev–Trinajstić information content (AvgIpc) is 2.85. The van der Waals surface area contributed by atoms with Crippen LogP contribution in [0.3, 0.4) is 0 Å². The Labute approximate surface area is 79.3 Å². The van der Waals surface area contributed by atoms with Crippen LogP contribution in [0.25, 0.3) is 0 Å². The summed E-state index contributed by atoms with van der Waals surface area (Å²) in [5, 5.41) is 0.612. The van der Waals surface area contributed by atoms with Gasteiger partial charge in [0.15, 0.2) is 0 Å². The van der Waals surface area contributed by atoms with Gasteiger partial charge < -0.3 is 4.58 Å². The van der Waals surface area contributed by atoms with E-state index in [-0.39, 0.29) is 0 Å². The van der Waals surface area contributed by atoms with Gasteiger partial charge in [0.25, 0.3) is 0 Å². The largest absolute Gasteiger partial charge is 0.367 e. The Morgan fingerprint density at radius 3 is 2.31 bits per heavy atom. The molecular formula is C9H6ClF2N. The van der Waals surface area contributed by atoms with Gasteiger partial charge >= 0.3 is 6.55 Å². The van der Waals surface area contributed by atoms with Gasteiger partial charge in [0, 0.05) is 5.02 Å². The minimum atomic E-state index is -1.65. The summed E-state index contributed by atoms with van der Waals surface area (Å²) in [7, 11) is 0. The summed E-state index contributed by atoms with van der Waals surface area (Å²) in [5.41, 5.74) is 1.45. The maximum Gasteiger partial charge on any atom is 0.367 e. The highest BCUT2D eigenvalue weighted by molar-refractivity contribution is 6.30. The van der Waals surface area contributed by atoms with Crippen molar-refractivity contribution >= 4 is 17.3 Å². The third-order valence-corrected chi connectivity index (χ3v) is 2.16. The van der Waals surface area contributed by atoms with Crippen LogP contribution in [0, 0.1) is 6.55 Å². The molecule has 0 saturated heterocycles. The molecule has 13 heavy (non-hydrogen) atoms. The van der Waals surface area contributed by atoms with E-state index in [0.29, 0.717) is 17.3 Å². The number of nitrogens with zero attached hydrogens (tertiary/aromatic N) is 1. The molecule has 68 valence electrons. The molecule has 0 unspecified atom stereocenters. The predicted molar refractivity (Wildman–Crippen MR) is 46.1 cm³/mol. The van der Waals surface area contributed by atoms with Crippen molar-refractivity contribution in [2.24, 2.45) is 0 Å². The lowest BCUT2D eigenvalue weighted by Gasteiger charge is -1.93. The molecule has 1 nitrogen and oxygen atoms in total. The van der Waals surface area contributed by atoms with E-state index in [9.17, 15) is 8.78 Å². The monoisotopic (exact) mass is 201 g/mol. The van der Waals surface area contributed by atoms with Crippen molar-refractivity contribution in [2.45, 2.75) is 0 Å². The van der Waals surface area contributed by atoms with Crippen molar-refractivity contribution in [1.29, 1.82) is 0 Å². The van der Waals surface area contributed by atoms with Gasteiger partial charge in [0.1, 0.15) is 12.3 Å². The molecule has 0 spiro atoms. The molecule has 4 heteroatoms. The SMILES string of the molecule is F[C-](F)[N+]1=C(c2ccc(Cl)cc2)C1. The van der Waals surface area contributed by atoms with Gasteiger partial charge in [-0.3, -0.25) is 0 Å². The van der Waals surface area contributed by atoms with Crippen LogP contribution in [-0.4, -0.2) is 16.8 Å². The quantitative estimate of drug-likeness (QED) is 0.393. The summed E-state index contributed by atoms with van der Waals surface area (Å²) < 4.78 is 25.0. The summed E-state index contributed by atoms with van der Waals surface area (Å²) in [5.74, 6) is 0. The first-order valence-electron chi connectivity index (χ1n) is 3.76. The van der Waals surface area contributed by atoms with E-state index in [4.69, 9.17) is 11.6 Å². The smallest absolute Gasteiger partial charge is 0.303 e. The lowest BCUT2D eigenvalue weighted by atomic mass is 10.2. The van der Waals surface area contributed by atoms with Crippen molar-refractivity contribution in [1.82, 2.24) is 0 Å². The zero-order chi connectivity index (χ0) is 9.42. The van der Waals surface area contributed by atoms with E-state index in [1.54, 1.807) is 24.3 Å². The molecule has 1 aliphatic rings. The number of hydrogen-bond acceptors (Lipinski definition) is 0. The Morgan fingerprint density at radius 2 is 1.85 bits per heavy atom. The molecule has 1 aromatic carbocycles. The topological polar surface area (TPSA) is 3.01 Å². The van der Waals surface area contributed by atoms with E-state index in [1.807, 2.05) is 0 Å². The summed E-state index contributed by atoms with van der Waals surface area (Å²) >= 11 is 5.66. The first-order chi connectivity index (χ1) is 6.18. The van der Waals surface area contributed by atoms with Crippen molar-refractivity contribution in [3.05, 3.63) is 41.4 Å². The van der Waals surface area contributed by atoms with Crippen LogP contribution in [0.4, 0.5) is 8.78 Å². The number of benzene rings is 1. The van der Waals surface area contributed by atoms with Gasteiger partial charge in [-0.15, -0.1) is 0 Å². The van der Waals surface area contributed by atoms with Crippen molar-refractivity contribution in [3.63, 3.8) is 0 Å². The normalized spacial score (nSPS) is 14.7. The second-order valence-corrected chi connectivity index (χ2v) is 3.22. The van der Waals surface area contributed by atoms with Crippen molar-refractivity contribution in [2.75, 3.05) is 6.54 Å². The van der Waals surface area contributed by atoms with Crippen molar-refractivity contribution in [3.8, 4) is 0 Å². The highest BCUT2D eigenvalue weighted by Gasteiger charge is 2.30. The average molecular weight is 202 g/mol.